The number of benzene rings is 1. The number of hydrogen-bond acceptors (Lipinski definition) is 4. The number of thiophene rings is 1. The average Bonchev–Trinajstić information content (AvgIpc) is 3.14. The van der Waals surface area contributed by atoms with E-state index in [1.165, 1.54) is 18.3 Å². The molecule has 1 saturated heterocycles. The summed E-state index contributed by atoms with van der Waals surface area (Å²) in [6.07, 6.45) is 0. The number of quaternary nitrogens is 1. The third kappa shape index (κ3) is 4.94. The van der Waals surface area contributed by atoms with Crippen molar-refractivity contribution in [2.75, 3.05) is 38.0 Å². The average molecular weight is 407 g/mol. The minimum Gasteiger partial charge on any atom is -0.327 e. The van der Waals surface area contributed by atoms with Crippen molar-refractivity contribution in [3.63, 3.8) is 0 Å². The number of amides is 2. The molecule has 27 heavy (non-hydrogen) atoms. The molecule has 0 bridgehead atoms. The first-order valence-corrected chi connectivity index (χ1v) is 9.91. The SMILES string of the molecule is CC(=O)c1ccc(C(=O)N2CC[NH+](CC(=O)Nc3ccccc3Cl)CC2)s1. The minimum absolute atomic E-state index is 0.0298. The number of para-hydroxylation sites is 1. The highest BCUT2D eigenvalue weighted by Crippen LogP contribution is 2.20. The number of anilines is 1. The summed E-state index contributed by atoms with van der Waals surface area (Å²) >= 11 is 7.29. The number of nitrogens with zero attached hydrogens (tertiary/aromatic N) is 1. The van der Waals surface area contributed by atoms with E-state index < -0.39 is 0 Å². The van der Waals surface area contributed by atoms with Crippen molar-refractivity contribution in [2.45, 2.75) is 6.92 Å². The van der Waals surface area contributed by atoms with Crippen LogP contribution in [0.3, 0.4) is 0 Å². The van der Waals surface area contributed by atoms with Crippen molar-refractivity contribution in [2.24, 2.45) is 0 Å². The van der Waals surface area contributed by atoms with E-state index in [4.69, 9.17) is 11.6 Å². The molecule has 6 nitrogen and oxygen atoms in total. The van der Waals surface area contributed by atoms with Crippen molar-refractivity contribution in [3.8, 4) is 0 Å². The summed E-state index contributed by atoms with van der Waals surface area (Å²) in [5, 5.41) is 3.34. The van der Waals surface area contributed by atoms with Gasteiger partial charge in [-0.1, -0.05) is 23.7 Å². The summed E-state index contributed by atoms with van der Waals surface area (Å²) in [5.74, 6) is -0.174. The Bertz CT molecular complexity index is 859. The van der Waals surface area contributed by atoms with Crippen molar-refractivity contribution in [1.29, 1.82) is 0 Å². The van der Waals surface area contributed by atoms with Crippen LogP contribution < -0.4 is 10.2 Å². The van der Waals surface area contributed by atoms with Gasteiger partial charge in [0.2, 0.25) is 0 Å². The molecule has 1 aliphatic heterocycles. The van der Waals surface area contributed by atoms with E-state index in [1.807, 2.05) is 12.1 Å². The molecule has 0 atom stereocenters. The van der Waals surface area contributed by atoms with Gasteiger partial charge in [-0.05, 0) is 31.2 Å². The van der Waals surface area contributed by atoms with Crippen LogP contribution in [0.1, 0.15) is 26.3 Å². The second kappa shape index (κ2) is 8.65. The van der Waals surface area contributed by atoms with E-state index in [2.05, 4.69) is 5.32 Å². The van der Waals surface area contributed by atoms with Gasteiger partial charge < -0.3 is 15.1 Å². The van der Waals surface area contributed by atoms with E-state index in [0.29, 0.717) is 53.2 Å². The van der Waals surface area contributed by atoms with E-state index in [0.717, 1.165) is 4.90 Å². The Morgan fingerprint density at radius 3 is 2.41 bits per heavy atom. The van der Waals surface area contributed by atoms with Crippen LogP contribution in [0.15, 0.2) is 36.4 Å². The van der Waals surface area contributed by atoms with E-state index in [-0.39, 0.29) is 17.6 Å². The molecular weight excluding hydrogens is 386 g/mol. The Morgan fingerprint density at radius 1 is 1.11 bits per heavy atom. The standard InChI is InChI=1S/C19H20ClN3O3S/c1-13(24)16-6-7-17(27-16)19(26)23-10-8-22(9-11-23)12-18(25)21-15-5-3-2-4-14(15)20/h2-7H,8-12H2,1H3,(H,21,25)/p+1. The van der Waals surface area contributed by atoms with Gasteiger partial charge in [0.1, 0.15) is 0 Å². The second-order valence-corrected chi connectivity index (χ2v) is 7.96. The lowest BCUT2D eigenvalue weighted by Gasteiger charge is -2.31. The molecule has 2 aromatic rings. The van der Waals surface area contributed by atoms with Crippen LogP contribution in [0.5, 0.6) is 0 Å². The van der Waals surface area contributed by atoms with Gasteiger partial charge in [-0.3, -0.25) is 14.4 Å². The molecule has 0 saturated carbocycles. The number of Topliss-reactive ketones (excluding diaryl/α,β-unsaturated/α-hetero) is 1. The molecular formula is C19H21ClN3O3S+. The third-order valence-corrected chi connectivity index (χ3v) is 5.98. The zero-order chi connectivity index (χ0) is 19.4. The van der Waals surface area contributed by atoms with Gasteiger partial charge in [-0.2, -0.15) is 0 Å². The van der Waals surface area contributed by atoms with Crippen LogP contribution >= 0.6 is 22.9 Å². The monoisotopic (exact) mass is 406 g/mol. The van der Waals surface area contributed by atoms with Crippen LogP contribution in [-0.2, 0) is 4.79 Å². The lowest BCUT2D eigenvalue weighted by Crippen LogP contribution is -3.15. The predicted molar refractivity (Wildman–Crippen MR) is 106 cm³/mol. The Morgan fingerprint density at radius 2 is 1.78 bits per heavy atom. The molecule has 2 amide bonds. The molecule has 0 unspecified atom stereocenters. The van der Waals surface area contributed by atoms with Crippen molar-refractivity contribution < 1.29 is 19.3 Å². The number of carbonyl (C=O) groups is 3. The van der Waals surface area contributed by atoms with Gasteiger partial charge in [-0.15, -0.1) is 11.3 Å². The van der Waals surface area contributed by atoms with Crippen LogP contribution in [0, 0.1) is 0 Å². The van der Waals surface area contributed by atoms with Gasteiger partial charge >= 0.3 is 0 Å². The maximum absolute atomic E-state index is 12.6. The number of hydrogen-bond donors (Lipinski definition) is 2. The van der Waals surface area contributed by atoms with Crippen molar-refractivity contribution in [3.05, 3.63) is 51.2 Å². The summed E-state index contributed by atoms with van der Waals surface area (Å²) in [6, 6.07) is 10.5. The summed E-state index contributed by atoms with van der Waals surface area (Å²) < 4.78 is 0. The normalized spacial score (nSPS) is 14.8. The number of piperazine rings is 1. The fraction of sp³-hybridized carbons (Fsp3) is 0.316. The smallest absolute Gasteiger partial charge is 0.279 e. The van der Waals surface area contributed by atoms with Crippen LogP contribution in [-0.4, -0.2) is 55.2 Å². The predicted octanol–water partition coefficient (Wildman–Crippen LogP) is 1.58. The molecule has 0 spiro atoms. The lowest BCUT2D eigenvalue weighted by atomic mass is 10.2. The highest BCUT2D eigenvalue weighted by atomic mass is 35.5. The molecule has 2 heterocycles. The van der Waals surface area contributed by atoms with Gasteiger partial charge in [0.05, 0.1) is 46.6 Å². The Balaban J connectivity index is 1.49. The fourth-order valence-electron chi connectivity index (χ4n) is 2.98. The largest absolute Gasteiger partial charge is 0.327 e. The minimum atomic E-state index is -0.0952. The number of carbonyl (C=O) groups excluding carboxylic acids is 3. The first kappa shape index (κ1) is 19.5. The molecule has 1 fully saturated rings. The molecule has 2 N–H and O–H groups in total. The molecule has 1 aromatic heterocycles. The maximum atomic E-state index is 12.6. The second-order valence-electron chi connectivity index (χ2n) is 6.47. The molecule has 1 aromatic carbocycles. The molecule has 142 valence electrons. The Hall–Kier alpha value is -2.22. The summed E-state index contributed by atoms with van der Waals surface area (Å²) in [6.45, 7) is 4.40. The molecule has 0 aliphatic carbocycles. The van der Waals surface area contributed by atoms with Gasteiger partial charge in [0.25, 0.3) is 11.8 Å². The molecule has 3 rings (SSSR count). The van der Waals surface area contributed by atoms with E-state index in [9.17, 15) is 14.4 Å². The van der Waals surface area contributed by atoms with Crippen LogP contribution in [0.4, 0.5) is 5.69 Å². The van der Waals surface area contributed by atoms with Gasteiger partial charge in [0.15, 0.2) is 12.3 Å². The van der Waals surface area contributed by atoms with E-state index >= 15 is 0 Å². The highest BCUT2D eigenvalue weighted by molar-refractivity contribution is 7.15. The van der Waals surface area contributed by atoms with Gasteiger partial charge in [-0.25, -0.2) is 0 Å². The fourth-order valence-corrected chi connectivity index (χ4v) is 4.04. The van der Waals surface area contributed by atoms with Crippen LogP contribution in [0.25, 0.3) is 0 Å². The Kier molecular flexibility index (Phi) is 6.26. The summed E-state index contributed by atoms with van der Waals surface area (Å²) in [5.41, 5.74) is 0.608. The summed E-state index contributed by atoms with van der Waals surface area (Å²) in [4.78, 5) is 40.3. The molecule has 1 aliphatic rings. The number of ketones is 1. The highest BCUT2D eigenvalue weighted by Gasteiger charge is 2.27. The molecule has 0 radical (unpaired) electrons. The zero-order valence-electron chi connectivity index (χ0n) is 15.0. The number of nitrogens with one attached hydrogen (secondary N) is 2. The van der Waals surface area contributed by atoms with Crippen LogP contribution in [0.2, 0.25) is 5.02 Å². The zero-order valence-corrected chi connectivity index (χ0v) is 16.5. The van der Waals surface area contributed by atoms with Gasteiger partial charge in [0, 0.05) is 0 Å². The van der Waals surface area contributed by atoms with Crippen molar-refractivity contribution >= 4 is 46.2 Å². The quantitative estimate of drug-likeness (QED) is 0.741. The Labute approximate surface area is 166 Å². The maximum Gasteiger partial charge on any atom is 0.279 e. The first-order chi connectivity index (χ1) is 12.9. The lowest BCUT2D eigenvalue weighted by molar-refractivity contribution is -0.895. The number of halogens is 1. The number of rotatable bonds is 5. The van der Waals surface area contributed by atoms with E-state index in [1.54, 1.807) is 29.2 Å². The topological polar surface area (TPSA) is 70.9 Å². The summed E-state index contributed by atoms with van der Waals surface area (Å²) in [7, 11) is 0. The van der Waals surface area contributed by atoms with Crippen molar-refractivity contribution in [1.82, 2.24) is 4.90 Å². The third-order valence-electron chi connectivity index (χ3n) is 4.48. The molecule has 8 heteroatoms. The first-order valence-electron chi connectivity index (χ1n) is 8.72.